The number of nitrogens with zero attached hydrogens (tertiary/aromatic N) is 3. The van der Waals surface area contributed by atoms with E-state index in [2.05, 4.69) is 31.1 Å². The van der Waals surface area contributed by atoms with Crippen molar-refractivity contribution in [2.45, 2.75) is 23.8 Å². The van der Waals surface area contributed by atoms with E-state index in [-0.39, 0.29) is 10.7 Å². The van der Waals surface area contributed by atoms with Gasteiger partial charge in [-0.3, -0.25) is 4.79 Å². The van der Waals surface area contributed by atoms with Crippen molar-refractivity contribution in [2.24, 2.45) is 0 Å². The predicted molar refractivity (Wildman–Crippen MR) is 87.1 cm³/mol. The first-order valence-electron chi connectivity index (χ1n) is 7.01. The summed E-state index contributed by atoms with van der Waals surface area (Å²) in [4.78, 5) is 15.9. The second-order valence-corrected chi connectivity index (χ2v) is 7.75. The quantitative estimate of drug-likeness (QED) is 0.793. The molecule has 0 aromatic carbocycles. The van der Waals surface area contributed by atoms with E-state index in [1.54, 1.807) is 0 Å². The third-order valence-corrected chi connectivity index (χ3v) is 5.12. The van der Waals surface area contributed by atoms with Gasteiger partial charge in [0.05, 0.1) is 7.11 Å². The first kappa shape index (κ1) is 16.8. The molecule has 1 saturated carbocycles. The highest BCUT2D eigenvalue weighted by atomic mass is 79.9. The van der Waals surface area contributed by atoms with Crippen LogP contribution in [-0.4, -0.2) is 36.6 Å². The van der Waals surface area contributed by atoms with Gasteiger partial charge in [-0.1, -0.05) is 0 Å². The molecule has 24 heavy (non-hydrogen) atoms. The van der Waals surface area contributed by atoms with Crippen molar-refractivity contribution < 1.29 is 17.9 Å². The fourth-order valence-electron chi connectivity index (χ4n) is 2.05. The van der Waals surface area contributed by atoms with Crippen LogP contribution in [0.5, 0.6) is 5.75 Å². The van der Waals surface area contributed by atoms with E-state index in [0.717, 1.165) is 12.8 Å². The molecule has 0 atom stereocenters. The lowest BCUT2D eigenvalue weighted by molar-refractivity contribution is 0.0975. The molecule has 1 amide bonds. The van der Waals surface area contributed by atoms with Crippen LogP contribution in [-0.2, 0) is 10.0 Å². The first-order chi connectivity index (χ1) is 11.4. The normalized spacial score (nSPS) is 14.2. The molecule has 1 fully saturated rings. The molecule has 0 bridgehead atoms. The molecule has 8 nitrogen and oxygen atoms in total. The average molecular weight is 413 g/mol. The second-order valence-electron chi connectivity index (χ2n) is 5.21. The Morgan fingerprint density at radius 1 is 1.33 bits per heavy atom. The smallest absolute Gasteiger partial charge is 0.285 e. The van der Waals surface area contributed by atoms with Crippen LogP contribution in [0.1, 0.15) is 34.9 Å². The third-order valence-electron chi connectivity index (χ3n) is 3.40. The lowest BCUT2D eigenvalue weighted by atomic mass is 10.2. The van der Waals surface area contributed by atoms with Crippen LogP contribution in [0.4, 0.5) is 0 Å². The van der Waals surface area contributed by atoms with E-state index in [0.29, 0.717) is 21.8 Å². The van der Waals surface area contributed by atoms with Gasteiger partial charge in [0.1, 0.15) is 11.4 Å². The van der Waals surface area contributed by atoms with E-state index in [1.165, 1.54) is 31.5 Å². The van der Waals surface area contributed by atoms with Crippen LogP contribution >= 0.6 is 15.9 Å². The minimum Gasteiger partial charge on any atom is -0.495 e. The molecule has 1 N–H and O–H groups in total. The second kappa shape index (κ2) is 6.44. The number of hydrogen-bond acceptors (Lipinski definition) is 7. The standard InChI is InChI=1S/C14H13BrN4O4S/c1-23-11-6-10(17-18-13(11)8-2-3-8)14(20)19-24(21,22)12-5-4-9(15)7-16-12/h4-8H,2-3H2,1H3,(H,19,20). The molecule has 2 aromatic heterocycles. The summed E-state index contributed by atoms with van der Waals surface area (Å²) in [6.45, 7) is 0. The minimum atomic E-state index is -4.10. The zero-order chi connectivity index (χ0) is 17.3. The van der Waals surface area contributed by atoms with E-state index >= 15 is 0 Å². The summed E-state index contributed by atoms with van der Waals surface area (Å²) in [5.41, 5.74) is 0.545. The summed E-state index contributed by atoms with van der Waals surface area (Å²) in [6, 6.07) is 4.18. The molecule has 0 saturated heterocycles. The van der Waals surface area contributed by atoms with Crippen molar-refractivity contribution in [3.63, 3.8) is 0 Å². The molecule has 0 spiro atoms. The Kier molecular flexibility index (Phi) is 4.50. The Balaban J connectivity index is 1.82. The predicted octanol–water partition coefficient (Wildman–Crippen LogP) is 1.64. The maximum atomic E-state index is 12.2. The molecule has 0 aliphatic heterocycles. The maximum Gasteiger partial charge on any atom is 0.285 e. The van der Waals surface area contributed by atoms with E-state index in [1.807, 2.05) is 4.72 Å². The van der Waals surface area contributed by atoms with E-state index in [9.17, 15) is 13.2 Å². The number of amides is 1. The molecular weight excluding hydrogens is 400 g/mol. The van der Waals surface area contributed by atoms with E-state index < -0.39 is 15.9 Å². The SMILES string of the molecule is COc1cc(C(=O)NS(=O)(=O)c2ccc(Br)cn2)nnc1C1CC1. The van der Waals surface area contributed by atoms with Crippen molar-refractivity contribution in [3.8, 4) is 5.75 Å². The van der Waals surface area contributed by atoms with Crippen LogP contribution in [0.25, 0.3) is 0 Å². The molecule has 0 radical (unpaired) electrons. The van der Waals surface area contributed by atoms with Crippen LogP contribution in [0.2, 0.25) is 0 Å². The summed E-state index contributed by atoms with van der Waals surface area (Å²) in [6.07, 6.45) is 3.33. The highest BCUT2D eigenvalue weighted by Crippen LogP contribution is 2.42. The molecule has 10 heteroatoms. The highest BCUT2D eigenvalue weighted by molar-refractivity contribution is 9.10. The average Bonchev–Trinajstić information content (AvgIpc) is 3.39. The van der Waals surface area contributed by atoms with Gasteiger partial charge in [0.2, 0.25) is 0 Å². The van der Waals surface area contributed by atoms with Crippen molar-refractivity contribution in [3.05, 3.63) is 40.3 Å². The summed E-state index contributed by atoms with van der Waals surface area (Å²) in [5.74, 6) is -0.176. The first-order valence-corrected chi connectivity index (χ1v) is 9.28. The van der Waals surface area contributed by atoms with Crippen LogP contribution < -0.4 is 9.46 Å². The number of aromatic nitrogens is 3. The largest absolute Gasteiger partial charge is 0.495 e. The summed E-state index contributed by atoms with van der Waals surface area (Å²) < 4.78 is 32.1. The van der Waals surface area contributed by atoms with Crippen molar-refractivity contribution in [1.82, 2.24) is 19.9 Å². The highest BCUT2D eigenvalue weighted by Gasteiger charge is 2.30. The summed E-state index contributed by atoms with van der Waals surface area (Å²) >= 11 is 3.16. The van der Waals surface area contributed by atoms with Gasteiger partial charge in [-0.15, -0.1) is 5.10 Å². The van der Waals surface area contributed by atoms with Crippen molar-refractivity contribution in [1.29, 1.82) is 0 Å². The van der Waals surface area contributed by atoms with Gasteiger partial charge in [0.25, 0.3) is 15.9 Å². The number of hydrogen-bond donors (Lipinski definition) is 1. The Labute approximate surface area is 146 Å². The molecule has 1 aliphatic carbocycles. The summed E-state index contributed by atoms with van der Waals surface area (Å²) in [7, 11) is -2.63. The van der Waals surface area contributed by atoms with Gasteiger partial charge < -0.3 is 4.74 Å². The van der Waals surface area contributed by atoms with Gasteiger partial charge in [-0.25, -0.2) is 9.71 Å². The van der Waals surface area contributed by atoms with Gasteiger partial charge >= 0.3 is 0 Å². The van der Waals surface area contributed by atoms with E-state index in [4.69, 9.17) is 4.74 Å². The Morgan fingerprint density at radius 2 is 2.08 bits per heavy atom. The molecular formula is C14H13BrN4O4S. The van der Waals surface area contributed by atoms with Gasteiger partial charge in [-0.05, 0) is 40.9 Å². The van der Waals surface area contributed by atoms with Gasteiger partial charge in [0, 0.05) is 22.7 Å². The number of pyridine rings is 1. The number of ether oxygens (including phenoxy) is 1. The molecule has 3 rings (SSSR count). The lowest BCUT2D eigenvalue weighted by Crippen LogP contribution is -2.32. The van der Waals surface area contributed by atoms with Crippen LogP contribution in [0, 0.1) is 0 Å². The van der Waals surface area contributed by atoms with Gasteiger partial charge in [-0.2, -0.15) is 13.5 Å². The van der Waals surface area contributed by atoms with Gasteiger partial charge in [0.15, 0.2) is 10.7 Å². The number of carbonyl (C=O) groups excluding carboxylic acids is 1. The Bertz CT molecular complexity index is 882. The molecule has 1 aliphatic rings. The number of halogens is 1. The number of nitrogens with one attached hydrogen (secondary N) is 1. The topological polar surface area (TPSA) is 111 Å². The van der Waals surface area contributed by atoms with Crippen LogP contribution in [0.15, 0.2) is 33.9 Å². The fraction of sp³-hybridized carbons (Fsp3) is 0.286. The van der Waals surface area contributed by atoms with Crippen molar-refractivity contribution in [2.75, 3.05) is 7.11 Å². The minimum absolute atomic E-state index is 0.142. The zero-order valence-corrected chi connectivity index (χ0v) is 15.0. The Morgan fingerprint density at radius 3 is 2.67 bits per heavy atom. The van der Waals surface area contributed by atoms with Crippen LogP contribution in [0.3, 0.4) is 0 Å². The monoisotopic (exact) mass is 412 g/mol. The maximum absolute atomic E-state index is 12.2. The fourth-order valence-corrected chi connectivity index (χ4v) is 3.17. The summed E-state index contributed by atoms with van der Waals surface area (Å²) in [5, 5.41) is 7.53. The molecule has 2 heterocycles. The molecule has 2 aromatic rings. The third kappa shape index (κ3) is 3.54. The number of rotatable bonds is 5. The number of carbonyl (C=O) groups is 1. The lowest BCUT2D eigenvalue weighted by Gasteiger charge is -2.09. The molecule has 126 valence electrons. The molecule has 0 unspecified atom stereocenters. The number of methoxy groups -OCH3 is 1. The Hall–Kier alpha value is -2.07. The number of sulfonamides is 1. The zero-order valence-electron chi connectivity index (χ0n) is 12.6. The van der Waals surface area contributed by atoms with Crippen molar-refractivity contribution >= 4 is 31.9 Å².